The SMILES string of the molecule is CO[C@H]1C=C(C(=O)c2ccccc2)O[C@H](C)[C@H]1O[Si](C)(C)C(C)(C)C. The summed E-state index contributed by atoms with van der Waals surface area (Å²) in [5.41, 5.74) is 0.611. The van der Waals surface area contributed by atoms with Crippen molar-refractivity contribution in [2.75, 3.05) is 7.11 Å². The van der Waals surface area contributed by atoms with Crippen molar-refractivity contribution in [1.29, 1.82) is 0 Å². The number of benzene rings is 1. The fourth-order valence-electron chi connectivity index (χ4n) is 2.56. The summed E-state index contributed by atoms with van der Waals surface area (Å²) < 4.78 is 18.1. The van der Waals surface area contributed by atoms with E-state index in [4.69, 9.17) is 13.9 Å². The number of rotatable bonds is 5. The molecule has 0 saturated carbocycles. The molecule has 0 fully saturated rings. The highest BCUT2D eigenvalue weighted by Crippen LogP contribution is 2.39. The molecular formula is C20H30O4Si. The number of hydrogen-bond acceptors (Lipinski definition) is 4. The molecule has 25 heavy (non-hydrogen) atoms. The van der Waals surface area contributed by atoms with Gasteiger partial charge in [-0.15, -0.1) is 0 Å². The summed E-state index contributed by atoms with van der Waals surface area (Å²) in [6.45, 7) is 13.0. The monoisotopic (exact) mass is 362 g/mol. The van der Waals surface area contributed by atoms with Crippen molar-refractivity contribution in [3.63, 3.8) is 0 Å². The lowest BCUT2D eigenvalue weighted by atomic mass is 10.0. The van der Waals surface area contributed by atoms with Crippen LogP contribution in [0.3, 0.4) is 0 Å². The zero-order valence-electron chi connectivity index (χ0n) is 16.3. The summed E-state index contributed by atoms with van der Waals surface area (Å²) in [4.78, 5) is 12.7. The highest BCUT2D eigenvalue weighted by molar-refractivity contribution is 6.74. The Morgan fingerprint density at radius 1 is 1.16 bits per heavy atom. The molecule has 0 aliphatic carbocycles. The first-order chi connectivity index (χ1) is 11.6. The van der Waals surface area contributed by atoms with Gasteiger partial charge in [0.2, 0.25) is 5.78 Å². The molecule has 0 spiro atoms. The maximum Gasteiger partial charge on any atom is 0.227 e. The Kier molecular flexibility index (Phi) is 5.92. The minimum Gasteiger partial charge on any atom is -0.484 e. The van der Waals surface area contributed by atoms with Crippen molar-refractivity contribution in [3.05, 3.63) is 47.7 Å². The normalized spacial score (nSPS) is 24.4. The van der Waals surface area contributed by atoms with E-state index < -0.39 is 8.32 Å². The highest BCUT2D eigenvalue weighted by atomic mass is 28.4. The number of allylic oxidation sites excluding steroid dienone is 1. The van der Waals surface area contributed by atoms with Crippen LogP contribution in [-0.2, 0) is 13.9 Å². The molecule has 1 aromatic rings. The summed E-state index contributed by atoms with van der Waals surface area (Å²) in [7, 11) is -0.335. The van der Waals surface area contributed by atoms with Gasteiger partial charge in [0.1, 0.15) is 18.3 Å². The lowest BCUT2D eigenvalue weighted by Gasteiger charge is -2.43. The van der Waals surface area contributed by atoms with Crippen LogP contribution in [0.15, 0.2) is 42.2 Å². The number of ether oxygens (including phenoxy) is 2. The predicted octanol–water partition coefficient (Wildman–Crippen LogP) is 4.58. The molecule has 3 atom stereocenters. The third-order valence-electron chi connectivity index (χ3n) is 5.18. The number of hydrogen-bond donors (Lipinski definition) is 0. The Balaban J connectivity index is 2.25. The van der Waals surface area contributed by atoms with Gasteiger partial charge < -0.3 is 13.9 Å². The van der Waals surface area contributed by atoms with Crippen LogP contribution in [0.5, 0.6) is 0 Å². The van der Waals surface area contributed by atoms with Crippen molar-refractivity contribution in [2.24, 2.45) is 0 Å². The quantitative estimate of drug-likeness (QED) is 0.568. The van der Waals surface area contributed by atoms with E-state index >= 15 is 0 Å². The number of carbonyl (C=O) groups is 1. The van der Waals surface area contributed by atoms with Gasteiger partial charge >= 0.3 is 0 Å². The number of Topliss-reactive ketones (excluding diaryl/α,β-unsaturated/α-hetero) is 1. The van der Waals surface area contributed by atoms with E-state index in [1.54, 1.807) is 25.3 Å². The third-order valence-corrected chi connectivity index (χ3v) is 9.66. The van der Waals surface area contributed by atoms with Crippen molar-refractivity contribution in [1.82, 2.24) is 0 Å². The molecule has 0 N–H and O–H groups in total. The zero-order chi connectivity index (χ0) is 18.8. The fraction of sp³-hybridized carbons (Fsp3) is 0.550. The molecule has 0 saturated heterocycles. The first-order valence-electron chi connectivity index (χ1n) is 8.75. The molecular weight excluding hydrogens is 332 g/mol. The van der Waals surface area contributed by atoms with Gasteiger partial charge in [-0.3, -0.25) is 4.79 Å². The smallest absolute Gasteiger partial charge is 0.227 e. The Bertz CT molecular complexity index is 631. The maximum absolute atomic E-state index is 12.7. The number of methoxy groups -OCH3 is 1. The van der Waals surface area contributed by atoms with Crippen molar-refractivity contribution in [2.45, 2.75) is 64.1 Å². The summed E-state index contributed by atoms with van der Waals surface area (Å²) in [5, 5.41) is 0.0921. The van der Waals surface area contributed by atoms with E-state index in [-0.39, 0.29) is 29.1 Å². The zero-order valence-corrected chi connectivity index (χ0v) is 17.3. The van der Waals surface area contributed by atoms with E-state index in [0.29, 0.717) is 11.3 Å². The minimum atomic E-state index is -1.98. The number of ketones is 1. The van der Waals surface area contributed by atoms with E-state index in [9.17, 15) is 4.79 Å². The van der Waals surface area contributed by atoms with Crippen LogP contribution >= 0.6 is 0 Å². The lowest BCUT2D eigenvalue weighted by Crippen LogP contribution is -2.52. The van der Waals surface area contributed by atoms with Gasteiger partial charge in [-0.25, -0.2) is 0 Å². The molecule has 0 bridgehead atoms. The Labute approximate surface area is 152 Å². The second-order valence-electron chi connectivity index (χ2n) is 8.09. The molecule has 1 aliphatic rings. The molecule has 0 radical (unpaired) electrons. The largest absolute Gasteiger partial charge is 0.484 e. The second-order valence-corrected chi connectivity index (χ2v) is 12.8. The van der Waals surface area contributed by atoms with Crippen LogP contribution in [0, 0.1) is 0 Å². The standard InChI is InChI=1S/C20H30O4Si/c1-14-19(24-25(6,7)20(2,3)4)17(22-5)13-16(23-14)18(21)15-11-9-8-10-12-15/h8-14,17,19H,1-7H3/t14-,17+,19-/m1/s1. The molecule has 138 valence electrons. The van der Waals surface area contributed by atoms with Gasteiger partial charge in [-0.05, 0) is 31.1 Å². The molecule has 4 nitrogen and oxygen atoms in total. The molecule has 0 aromatic heterocycles. The molecule has 1 aliphatic heterocycles. The molecule has 2 rings (SSSR count). The van der Waals surface area contributed by atoms with E-state index in [1.165, 1.54) is 0 Å². The average molecular weight is 363 g/mol. The first-order valence-corrected chi connectivity index (χ1v) is 11.7. The van der Waals surface area contributed by atoms with Crippen molar-refractivity contribution < 1.29 is 18.7 Å². The van der Waals surface area contributed by atoms with Crippen LogP contribution in [0.25, 0.3) is 0 Å². The van der Waals surface area contributed by atoms with Gasteiger partial charge in [0.15, 0.2) is 14.1 Å². The van der Waals surface area contributed by atoms with E-state index in [1.807, 2.05) is 25.1 Å². The van der Waals surface area contributed by atoms with Crippen LogP contribution in [0.1, 0.15) is 38.1 Å². The maximum atomic E-state index is 12.7. The fourth-order valence-corrected chi connectivity index (χ4v) is 3.92. The van der Waals surface area contributed by atoms with Crippen LogP contribution in [0.4, 0.5) is 0 Å². The Morgan fingerprint density at radius 2 is 1.76 bits per heavy atom. The summed E-state index contributed by atoms with van der Waals surface area (Å²) in [5.74, 6) is 0.209. The minimum absolute atomic E-state index is 0.0921. The summed E-state index contributed by atoms with van der Waals surface area (Å²) in [6, 6.07) is 9.15. The molecule has 1 heterocycles. The molecule has 0 amide bonds. The third kappa shape index (κ3) is 4.40. The Hall–Kier alpha value is -1.43. The summed E-state index contributed by atoms with van der Waals surface area (Å²) >= 11 is 0. The summed E-state index contributed by atoms with van der Waals surface area (Å²) in [6.07, 6.45) is 0.970. The Morgan fingerprint density at radius 3 is 2.28 bits per heavy atom. The second kappa shape index (κ2) is 7.44. The first kappa shape index (κ1) is 19.9. The molecule has 1 aromatic carbocycles. The molecule has 0 unspecified atom stereocenters. The lowest BCUT2D eigenvalue weighted by molar-refractivity contribution is -0.0689. The van der Waals surface area contributed by atoms with E-state index in [0.717, 1.165) is 0 Å². The number of carbonyl (C=O) groups excluding carboxylic acids is 1. The van der Waals surface area contributed by atoms with Gasteiger partial charge in [0.25, 0.3) is 0 Å². The van der Waals surface area contributed by atoms with Crippen molar-refractivity contribution in [3.8, 4) is 0 Å². The van der Waals surface area contributed by atoms with Gasteiger partial charge in [-0.2, -0.15) is 0 Å². The van der Waals surface area contributed by atoms with Gasteiger partial charge in [0.05, 0.1) is 0 Å². The van der Waals surface area contributed by atoms with Crippen LogP contribution < -0.4 is 0 Å². The van der Waals surface area contributed by atoms with Crippen LogP contribution in [0.2, 0.25) is 18.1 Å². The topological polar surface area (TPSA) is 44.8 Å². The average Bonchev–Trinajstić information content (AvgIpc) is 2.55. The van der Waals surface area contributed by atoms with Crippen molar-refractivity contribution >= 4 is 14.1 Å². The van der Waals surface area contributed by atoms with Gasteiger partial charge in [-0.1, -0.05) is 51.1 Å². The van der Waals surface area contributed by atoms with Gasteiger partial charge in [0, 0.05) is 12.7 Å². The predicted molar refractivity (Wildman–Crippen MR) is 102 cm³/mol. The highest BCUT2D eigenvalue weighted by Gasteiger charge is 2.44. The van der Waals surface area contributed by atoms with E-state index in [2.05, 4.69) is 33.9 Å². The molecule has 5 heteroatoms. The van der Waals surface area contributed by atoms with Crippen LogP contribution in [-0.4, -0.2) is 39.5 Å².